The normalized spacial score (nSPS) is 10.5. The van der Waals surface area contributed by atoms with Gasteiger partial charge in [-0.05, 0) is 36.4 Å². The van der Waals surface area contributed by atoms with Gasteiger partial charge in [0.25, 0.3) is 5.91 Å². The highest BCUT2D eigenvalue weighted by Crippen LogP contribution is 2.25. The van der Waals surface area contributed by atoms with E-state index in [2.05, 4.69) is 10.3 Å². The number of ether oxygens (including phenoxy) is 1. The number of rotatable bonds is 5. The maximum atomic E-state index is 13.4. The van der Waals surface area contributed by atoms with Gasteiger partial charge < -0.3 is 4.74 Å². The molecule has 0 saturated carbocycles. The van der Waals surface area contributed by atoms with Crippen LogP contribution in [0.1, 0.15) is 0 Å². The second kappa shape index (κ2) is 7.35. The van der Waals surface area contributed by atoms with E-state index in [1.807, 2.05) is 0 Å². The average Bonchev–Trinajstić information content (AvgIpc) is 3.03. The fraction of sp³-hybridized carbons (Fsp3) is 0.0588. The second-order valence-corrected chi connectivity index (χ2v) is 5.81. The number of thiazole rings is 1. The van der Waals surface area contributed by atoms with Crippen molar-refractivity contribution in [3.8, 4) is 17.0 Å². The van der Waals surface area contributed by atoms with Crippen molar-refractivity contribution in [1.82, 2.24) is 4.98 Å². The van der Waals surface area contributed by atoms with Crippen LogP contribution in [0.15, 0.2) is 47.8 Å². The van der Waals surface area contributed by atoms with Crippen molar-refractivity contribution in [2.24, 2.45) is 0 Å². The van der Waals surface area contributed by atoms with Crippen molar-refractivity contribution in [2.45, 2.75) is 0 Å². The fourth-order valence-electron chi connectivity index (χ4n) is 1.98. The molecule has 0 spiro atoms. The molecule has 0 bridgehead atoms. The van der Waals surface area contributed by atoms with Crippen LogP contribution in [0.4, 0.5) is 18.3 Å². The first-order valence-electron chi connectivity index (χ1n) is 7.10. The van der Waals surface area contributed by atoms with Crippen LogP contribution in [0.5, 0.6) is 5.75 Å². The summed E-state index contributed by atoms with van der Waals surface area (Å²) in [6, 6.07) is 8.60. The molecule has 1 N–H and O–H groups in total. The van der Waals surface area contributed by atoms with Crippen molar-refractivity contribution in [3.05, 3.63) is 65.3 Å². The van der Waals surface area contributed by atoms with Crippen molar-refractivity contribution < 1.29 is 22.7 Å². The van der Waals surface area contributed by atoms with E-state index >= 15 is 0 Å². The Kier molecular flexibility index (Phi) is 4.99. The van der Waals surface area contributed by atoms with E-state index in [1.54, 1.807) is 17.5 Å². The zero-order valence-corrected chi connectivity index (χ0v) is 13.4. The highest BCUT2D eigenvalue weighted by Gasteiger charge is 2.11. The summed E-state index contributed by atoms with van der Waals surface area (Å²) in [4.78, 5) is 16.1. The van der Waals surface area contributed by atoms with Crippen LogP contribution in [0, 0.1) is 17.5 Å². The molecular formula is C17H11F3N2O2S. The highest BCUT2D eigenvalue weighted by molar-refractivity contribution is 7.14. The maximum Gasteiger partial charge on any atom is 0.264 e. The van der Waals surface area contributed by atoms with Gasteiger partial charge in [0.1, 0.15) is 11.6 Å². The molecule has 0 unspecified atom stereocenters. The minimum Gasteiger partial charge on any atom is -0.481 e. The SMILES string of the molecule is O=C(COc1ccc(F)cc1F)Nc1nc(-c2ccc(F)cc2)cs1. The van der Waals surface area contributed by atoms with Crippen LogP contribution in [0.3, 0.4) is 0 Å². The van der Waals surface area contributed by atoms with Crippen LogP contribution in [0.25, 0.3) is 11.3 Å². The van der Waals surface area contributed by atoms with Gasteiger partial charge in [0.05, 0.1) is 5.69 Å². The smallest absolute Gasteiger partial charge is 0.264 e. The molecule has 0 radical (unpaired) electrons. The molecule has 25 heavy (non-hydrogen) atoms. The number of amides is 1. The molecule has 0 saturated heterocycles. The summed E-state index contributed by atoms with van der Waals surface area (Å²) in [7, 11) is 0. The number of hydrogen-bond donors (Lipinski definition) is 1. The lowest BCUT2D eigenvalue weighted by atomic mass is 10.2. The predicted molar refractivity (Wildman–Crippen MR) is 88.0 cm³/mol. The molecule has 0 aliphatic rings. The van der Waals surface area contributed by atoms with Crippen molar-refractivity contribution in [1.29, 1.82) is 0 Å². The van der Waals surface area contributed by atoms with Crippen LogP contribution < -0.4 is 10.1 Å². The lowest BCUT2D eigenvalue weighted by Gasteiger charge is -2.06. The summed E-state index contributed by atoms with van der Waals surface area (Å²) < 4.78 is 44.1. The van der Waals surface area contributed by atoms with Crippen LogP contribution in [0.2, 0.25) is 0 Å². The van der Waals surface area contributed by atoms with Gasteiger partial charge >= 0.3 is 0 Å². The Morgan fingerprint density at radius 2 is 1.80 bits per heavy atom. The van der Waals surface area contributed by atoms with E-state index in [0.717, 1.165) is 12.1 Å². The number of halogens is 3. The molecule has 0 fully saturated rings. The Balaban J connectivity index is 1.59. The van der Waals surface area contributed by atoms with Gasteiger partial charge in [0.2, 0.25) is 0 Å². The highest BCUT2D eigenvalue weighted by atomic mass is 32.1. The fourth-order valence-corrected chi connectivity index (χ4v) is 2.71. The summed E-state index contributed by atoms with van der Waals surface area (Å²) in [5, 5.41) is 4.56. The van der Waals surface area contributed by atoms with Gasteiger partial charge in [-0.2, -0.15) is 0 Å². The Bertz CT molecular complexity index is 897. The number of aromatic nitrogens is 1. The van der Waals surface area contributed by atoms with Crippen molar-refractivity contribution in [2.75, 3.05) is 11.9 Å². The molecule has 0 atom stereocenters. The Labute approximate surface area is 144 Å². The molecule has 1 heterocycles. The molecule has 4 nitrogen and oxygen atoms in total. The van der Waals surface area contributed by atoms with E-state index < -0.39 is 24.1 Å². The lowest BCUT2D eigenvalue weighted by molar-refractivity contribution is -0.118. The molecule has 8 heteroatoms. The molecule has 0 aliphatic carbocycles. The van der Waals surface area contributed by atoms with Crippen LogP contribution in [-0.4, -0.2) is 17.5 Å². The standard InChI is InChI=1S/C17H11F3N2O2S/c18-11-3-1-10(2-4-11)14-9-25-17(21-14)22-16(23)8-24-15-6-5-12(19)7-13(15)20/h1-7,9H,8H2,(H,21,22,23). The summed E-state index contributed by atoms with van der Waals surface area (Å²) in [5.74, 6) is -2.73. The number of anilines is 1. The Hall–Kier alpha value is -2.87. The van der Waals surface area contributed by atoms with E-state index in [0.29, 0.717) is 22.5 Å². The number of hydrogen-bond acceptors (Lipinski definition) is 4. The molecule has 128 valence electrons. The molecule has 1 aromatic heterocycles. The third-order valence-electron chi connectivity index (χ3n) is 3.14. The zero-order valence-electron chi connectivity index (χ0n) is 12.6. The van der Waals surface area contributed by atoms with Gasteiger partial charge in [-0.3, -0.25) is 10.1 Å². The van der Waals surface area contributed by atoms with Crippen molar-refractivity contribution >= 4 is 22.4 Å². The van der Waals surface area contributed by atoms with Gasteiger partial charge in [-0.25, -0.2) is 18.2 Å². The first kappa shape index (κ1) is 17.0. The third-order valence-corrected chi connectivity index (χ3v) is 3.90. The van der Waals surface area contributed by atoms with Crippen molar-refractivity contribution in [3.63, 3.8) is 0 Å². The number of carbonyl (C=O) groups is 1. The summed E-state index contributed by atoms with van der Waals surface area (Å²) >= 11 is 1.19. The maximum absolute atomic E-state index is 13.4. The number of benzene rings is 2. The predicted octanol–water partition coefficient (Wildman–Crippen LogP) is 4.24. The van der Waals surface area contributed by atoms with Crippen LogP contribution >= 0.6 is 11.3 Å². The number of carbonyl (C=O) groups excluding carboxylic acids is 1. The third kappa shape index (κ3) is 4.36. The van der Waals surface area contributed by atoms with E-state index in [4.69, 9.17) is 4.74 Å². The molecule has 3 rings (SSSR count). The minimum atomic E-state index is -0.888. The van der Waals surface area contributed by atoms with E-state index in [9.17, 15) is 18.0 Å². The molecule has 3 aromatic rings. The summed E-state index contributed by atoms with van der Waals surface area (Å²) in [6.07, 6.45) is 0. The average molecular weight is 364 g/mol. The zero-order chi connectivity index (χ0) is 17.8. The largest absolute Gasteiger partial charge is 0.481 e. The molecule has 1 amide bonds. The van der Waals surface area contributed by atoms with Gasteiger partial charge in [0, 0.05) is 17.0 Å². The summed E-state index contributed by atoms with van der Waals surface area (Å²) in [6.45, 7) is -0.450. The molecule has 0 aliphatic heterocycles. The van der Waals surface area contributed by atoms with E-state index in [-0.39, 0.29) is 11.6 Å². The minimum absolute atomic E-state index is 0.220. The monoisotopic (exact) mass is 364 g/mol. The number of nitrogens with one attached hydrogen (secondary N) is 1. The molecular weight excluding hydrogens is 353 g/mol. The van der Waals surface area contributed by atoms with Gasteiger partial charge in [0.15, 0.2) is 23.3 Å². The first-order valence-corrected chi connectivity index (χ1v) is 7.98. The lowest BCUT2D eigenvalue weighted by Crippen LogP contribution is -2.20. The van der Waals surface area contributed by atoms with Gasteiger partial charge in [-0.15, -0.1) is 11.3 Å². The Morgan fingerprint density at radius 1 is 1.08 bits per heavy atom. The van der Waals surface area contributed by atoms with Gasteiger partial charge in [-0.1, -0.05) is 0 Å². The van der Waals surface area contributed by atoms with E-state index in [1.165, 1.54) is 23.5 Å². The summed E-state index contributed by atoms with van der Waals surface area (Å²) in [5.41, 5.74) is 1.30. The Morgan fingerprint density at radius 3 is 2.52 bits per heavy atom. The molecule has 2 aromatic carbocycles. The quantitative estimate of drug-likeness (QED) is 0.737. The topological polar surface area (TPSA) is 51.2 Å². The van der Waals surface area contributed by atoms with Crippen LogP contribution in [-0.2, 0) is 4.79 Å². The first-order chi connectivity index (χ1) is 12.0. The second-order valence-electron chi connectivity index (χ2n) is 4.96. The number of nitrogens with zero attached hydrogens (tertiary/aromatic N) is 1.